The summed E-state index contributed by atoms with van der Waals surface area (Å²) in [6, 6.07) is 0.749. The quantitative estimate of drug-likeness (QED) is 0.751. The summed E-state index contributed by atoms with van der Waals surface area (Å²) in [5.41, 5.74) is 0.421. The molecular formula is C15H33N3. The van der Waals surface area contributed by atoms with Gasteiger partial charge in [0.25, 0.3) is 0 Å². The second-order valence-electron chi connectivity index (χ2n) is 6.44. The third-order valence-corrected chi connectivity index (χ3v) is 4.47. The fourth-order valence-corrected chi connectivity index (χ4v) is 2.86. The van der Waals surface area contributed by atoms with Gasteiger partial charge in [-0.25, -0.2) is 0 Å². The molecule has 2 unspecified atom stereocenters. The normalized spacial score (nSPS) is 25.3. The third kappa shape index (κ3) is 4.87. The molecule has 1 aliphatic heterocycles. The Hall–Kier alpha value is -0.120. The van der Waals surface area contributed by atoms with Gasteiger partial charge in [0.15, 0.2) is 0 Å². The van der Waals surface area contributed by atoms with E-state index in [1.807, 2.05) is 0 Å². The lowest BCUT2D eigenvalue weighted by atomic mass is 9.86. The number of likely N-dealkylation sites (N-methyl/N-ethyl adjacent to an activating group) is 1. The van der Waals surface area contributed by atoms with Crippen LogP contribution in [0.15, 0.2) is 0 Å². The van der Waals surface area contributed by atoms with E-state index < -0.39 is 0 Å². The summed E-state index contributed by atoms with van der Waals surface area (Å²) in [6.45, 7) is 12.9. The van der Waals surface area contributed by atoms with Crippen molar-refractivity contribution in [3.05, 3.63) is 0 Å². The number of likely N-dealkylation sites (tertiary alicyclic amines) is 1. The van der Waals surface area contributed by atoms with Gasteiger partial charge < -0.3 is 15.1 Å². The average molecular weight is 255 g/mol. The number of piperidine rings is 1. The lowest BCUT2D eigenvalue weighted by molar-refractivity contribution is 0.0882. The number of nitrogens with one attached hydrogen (secondary N) is 1. The van der Waals surface area contributed by atoms with Crippen molar-refractivity contribution < 1.29 is 0 Å². The number of hydrogen-bond donors (Lipinski definition) is 1. The Kier molecular flexibility index (Phi) is 6.61. The van der Waals surface area contributed by atoms with Gasteiger partial charge in [0.2, 0.25) is 0 Å². The fourth-order valence-electron chi connectivity index (χ4n) is 2.86. The Morgan fingerprint density at radius 1 is 1.33 bits per heavy atom. The lowest BCUT2D eigenvalue weighted by Crippen LogP contribution is -2.50. The van der Waals surface area contributed by atoms with Crippen LogP contribution in [0, 0.1) is 5.41 Å². The predicted molar refractivity (Wildman–Crippen MR) is 80.1 cm³/mol. The van der Waals surface area contributed by atoms with Crippen LogP contribution in [0.25, 0.3) is 0 Å². The Balaban J connectivity index is 2.48. The molecule has 0 amide bonds. The summed E-state index contributed by atoms with van der Waals surface area (Å²) in [6.07, 6.45) is 3.96. The van der Waals surface area contributed by atoms with Crippen LogP contribution in [0.4, 0.5) is 0 Å². The van der Waals surface area contributed by atoms with Gasteiger partial charge in [-0.2, -0.15) is 0 Å². The second kappa shape index (κ2) is 7.46. The van der Waals surface area contributed by atoms with E-state index in [0.29, 0.717) is 5.41 Å². The van der Waals surface area contributed by atoms with Crippen LogP contribution in [0.3, 0.4) is 0 Å². The Bertz CT molecular complexity index is 230. The Labute approximate surface area is 114 Å². The van der Waals surface area contributed by atoms with Gasteiger partial charge in [0, 0.05) is 25.7 Å². The highest BCUT2D eigenvalue weighted by atomic mass is 15.2. The molecule has 0 aromatic heterocycles. The average Bonchev–Trinajstić information content (AvgIpc) is 2.36. The van der Waals surface area contributed by atoms with Gasteiger partial charge in [0.1, 0.15) is 0 Å². The van der Waals surface area contributed by atoms with Crippen LogP contribution in [-0.4, -0.2) is 62.7 Å². The molecule has 0 aromatic carbocycles. The number of rotatable bonds is 7. The van der Waals surface area contributed by atoms with Crippen LogP contribution >= 0.6 is 0 Å². The van der Waals surface area contributed by atoms with E-state index >= 15 is 0 Å². The molecule has 1 heterocycles. The highest BCUT2D eigenvalue weighted by Gasteiger charge is 2.28. The largest absolute Gasteiger partial charge is 0.316 e. The SMILES string of the molecule is CCNCC(C)(CC)CN1CCCC(N(C)C)C1. The molecular weight excluding hydrogens is 222 g/mol. The van der Waals surface area contributed by atoms with E-state index in [2.05, 4.69) is 50.0 Å². The number of hydrogen-bond acceptors (Lipinski definition) is 3. The molecule has 3 nitrogen and oxygen atoms in total. The van der Waals surface area contributed by atoms with Crippen LogP contribution in [-0.2, 0) is 0 Å². The predicted octanol–water partition coefficient (Wildman–Crippen LogP) is 2.04. The van der Waals surface area contributed by atoms with Crippen molar-refractivity contribution in [2.45, 2.75) is 46.1 Å². The summed E-state index contributed by atoms with van der Waals surface area (Å²) in [7, 11) is 4.43. The summed E-state index contributed by atoms with van der Waals surface area (Å²) in [4.78, 5) is 5.06. The van der Waals surface area contributed by atoms with E-state index in [1.54, 1.807) is 0 Å². The minimum atomic E-state index is 0.421. The number of nitrogens with zero attached hydrogens (tertiary/aromatic N) is 2. The molecule has 0 saturated carbocycles. The third-order valence-electron chi connectivity index (χ3n) is 4.47. The molecule has 0 aromatic rings. The maximum absolute atomic E-state index is 3.53. The monoisotopic (exact) mass is 255 g/mol. The van der Waals surface area contributed by atoms with Crippen molar-refractivity contribution in [1.29, 1.82) is 0 Å². The first-order valence-electron chi connectivity index (χ1n) is 7.60. The van der Waals surface area contributed by atoms with Crippen molar-refractivity contribution in [1.82, 2.24) is 15.1 Å². The molecule has 1 N–H and O–H groups in total. The summed E-state index contributed by atoms with van der Waals surface area (Å²) in [5, 5.41) is 3.53. The van der Waals surface area contributed by atoms with Crippen LogP contribution in [0.5, 0.6) is 0 Å². The van der Waals surface area contributed by atoms with E-state index in [4.69, 9.17) is 0 Å². The van der Waals surface area contributed by atoms with E-state index in [0.717, 1.165) is 19.1 Å². The van der Waals surface area contributed by atoms with E-state index in [-0.39, 0.29) is 0 Å². The van der Waals surface area contributed by atoms with Gasteiger partial charge in [-0.3, -0.25) is 0 Å². The zero-order valence-electron chi connectivity index (χ0n) is 13.1. The highest BCUT2D eigenvalue weighted by molar-refractivity contribution is 4.84. The minimum absolute atomic E-state index is 0.421. The van der Waals surface area contributed by atoms with Gasteiger partial charge in [-0.15, -0.1) is 0 Å². The van der Waals surface area contributed by atoms with Crippen LogP contribution < -0.4 is 5.32 Å². The molecule has 0 aliphatic carbocycles. The highest BCUT2D eigenvalue weighted by Crippen LogP contribution is 2.24. The van der Waals surface area contributed by atoms with Crippen molar-refractivity contribution in [3.63, 3.8) is 0 Å². The van der Waals surface area contributed by atoms with Gasteiger partial charge >= 0.3 is 0 Å². The fraction of sp³-hybridized carbons (Fsp3) is 1.00. The maximum atomic E-state index is 3.53. The molecule has 3 heteroatoms. The summed E-state index contributed by atoms with van der Waals surface area (Å²) in [5.74, 6) is 0. The zero-order valence-corrected chi connectivity index (χ0v) is 13.1. The molecule has 0 bridgehead atoms. The molecule has 1 aliphatic rings. The lowest BCUT2D eigenvalue weighted by Gasteiger charge is -2.41. The van der Waals surface area contributed by atoms with Gasteiger partial charge in [-0.1, -0.05) is 20.8 Å². The van der Waals surface area contributed by atoms with Crippen LogP contribution in [0.2, 0.25) is 0 Å². The Morgan fingerprint density at radius 2 is 2.06 bits per heavy atom. The van der Waals surface area contributed by atoms with E-state index in [9.17, 15) is 0 Å². The van der Waals surface area contributed by atoms with Gasteiger partial charge in [-0.05, 0) is 51.9 Å². The van der Waals surface area contributed by atoms with Crippen molar-refractivity contribution in [3.8, 4) is 0 Å². The first kappa shape index (κ1) is 15.9. The molecule has 2 atom stereocenters. The molecule has 0 radical (unpaired) electrons. The first-order chi connectivity index (χ1) is 8.50. The molecule has 108 valence electrons. The maximum Gasteiger partial charge on any atom is 0.0217 e. The van der Waals surface area contributed by atoms with Crippen molar-refractivity contribution in [2.75, 3.05) is 46.8 Å². The zero-order chi connectivity index (χ0) is 13.6. The molecule has 18 heavy (non-hydrogen) atoms. The van der Waals surface area contributed by atoms with Gasteiger partial charge in [0.05, 0.1) is 0 Å². The Morgan fingerprint density at radius 3 is 2.61 bits per heavy atom. The van der Waals surface area contributed by atoms with E-state index in [1.165, 1.54) is 38.9 Å². The van der Waals surface area contributed by atoms with Crippen LogP contribution in [0.1, 0.15) is 40.0 Å². The molecule has 0 spiro atoms. The summed E-state index contributed by atoms with van der Waals surface area (Å²) < 4.78 is 0. The molecule has 1 fully saturated rings. The minimum Gasteiger partial charge on any atom is -0.316 e. The summed E-state index contributed by atoms with van der Waals surface area (Å²) >= 11 is 0. The van der Waals surface area contributed by atoms with Crippen molar-refractivity contribution >= 4 is 0 Å². The molecule has 1 saturated heterocycles. The van der Waals surface area contributed by atoms with Crippen molar-refractivity contribution in [2.24, 2.45) is 5.41 Å². The second-order valence-corrected chi connectivity index (χ2v) is 6.44. The topological polar surface area (TPSA) is 18.5 Å². The molecule has 1 rings (SSSR count). The standard InChI is InChI=1S/C15H33N3/c1-6-15(3,12-16-7-2)13-18-10-8-9-14(11-18)17(4)5/h14,16H,6-13H2,1-5H3. The first-order valence-corrected chi connectivity index (χ1v) is 7.60. The smallest absolute Gasteiger partial charge is 0.0217 e.